The Morgan fingerprint density at radius 1 is 1.08 bits per heavy atom. The van der Waals surface area contributed by atoms with Crippen molar-refractivity contribution in [2.75, 3.05) is 6.61 Å². The fourth-order valence-corrected chi connectivity index (χ4v) is 5.31. The minimum absolute atomic E-state index is 0.0257. The summed E-state index contributed by atoms with van der Waals surface area (Å²) in [6.45, 7) is 5.58. The number of aromatic nitrogens is 1. The molecule has 2 aromatic carbocycles. The fourth-order valence-electron chi connectivity index (χ4n) is 4.16. The Hall–Kier alpha value is -4.46. The normalized spacial score (nSPS) is 11.2. The Balaban J connectivity index is 1.78. The maximum atomic E-state index is 13.3. The lowest BCUT2D eigenvalue weighted by Crippen LogP contribution is -2.05. The summed E-state index contributed by atoms with van der Waals surface area (Å²) in [6, 6.07) is 19.8. The SMILES string of the molecule is CCOC(=O)c1sc(CC(=O)/C(C#N)=C/c2c(-c3ccccc3)[nH]c3c(C)cccc23)c(C#N)c1C. The van der Waals surface area contributed by atoms with E-state index in [2.05, 4.69) is 11.1 Å². The Morgan fingerprint density at radius 3 is 2.50 bits per heavy atom. The van der Waals surface area contributed by atoms with Crippen LogP contribution < -0.4 is 0 Å². The summed E-state index contributed by atoms with van der Waals surface area (Å²) < 4.78 is 5.08. The van der Waals surface area contributed by atoms with E-state index in [-0.39, 0.29) is 24.2 Å². The van der Waals surface area contributed by atoms with Crippen LogP contribution >= 0.6 is 11.3 Å². The number of ketones is 1. The third-order valence-electron chi connectivity index (χ3n) is 5.97. The van der Waals surface area contributed by atoms with Gasteiger partial charge in [0.1, 0.15) is 17.0 Å². The quantitative estimate of drug-likeness (QED) is 0.185. The smallest absolute Gasteiger partial charge is 0.348 e. The lowest BCUT2D eigenvalue weighted by molar-refractivity contribution is -0.114. The fraction of sp³-hybridized carbons (Fsp3) is 0.172. The number of hydrogen-bond donors (Lipinski definition) is 1. The van der Waals surface area contributed by atoms with Gasteiger partial charge in [-0.15, -0.1) is 11.3 Å². The van der Waals surface area contributed by atoms with Gasteiger partial charge in [0.2, 0.25) is 0 Å². The number of hydrogen-bond acceptors (Lipinski definition) is 6. The number of nitrogens with one attached hydrogen (secondary N) is 1. The van der Waals surface area contributed by atoms with Crippen LogP contribution in [-0.2, 0) is 16.0 Å². The topological polar surface area (TPSA) is 107 Å². The van der Waals surface area contributed by atoms with E-state index >= 15 is 0 Å². The van der Waals surface area contributed by atoms with Crippen molar-refractivity contribution in [3.05, 3.63) is 86.1 Å². The molecule has 2 heterocycles. The molecule has 0 saturated heterocycles. The molecule has 0 fully saturated rings. The Morgan fingerprint density at radius 2 is 1.83 bits per heavy atom. The van der Waals surface area contributed by atoms with Crippen LogP contribution in [0.1, 0.15) is 43.7 Å². The molecule has 178 valence electrons. The van der Waals surface area contributed by atoms with Gasteiger partial charge in [0.25, 0.3) is 0 Å². The molecule has 36 heavy (non-hydrogen) atoms. The summed E-state index contributed by atoms with van der Waals surface area (Å²) in [6.07, 6.45) is 1.46. The zero-order valence-corrected chi connectivity index (χ0v) is 21.0. The van der Waals surface area contributed by atoms with Crippen molar-refractivity contribution in [2.45, 2.75) is 27.2 Å². The number of H-pyrrole nitrogens is 1. The predicted molar refractivity (Wildman–Crippen MR) is 141 cm³/mol. The van der Waals surface area contributed by atoms with Gasteiger partial charge in [0, 0.05) is 27.8 Å². The van der Waals surface area contributed by atoms with E-state index in [9.17, 15) is 20.1 Å². The second-order valence-corrected chi connectivity index (χ2v) is 9.34. The Bertz CT molecular complexity index is 1590. The first-order chi connectivity index (χ1) is 17.4. The van der Waals surface area contributed by atoms with Crippen molar-refractivity contribution in [3.63, 3.8) is 0 Å². The van der Waals surface area contributed by atoms with Crippen LogP contribution in [0.3, 0.4) is 0 Å². The van der Waals surface area contributed by atoms with Crippen LogP contribution in [0, 0.1) is 36.5 Å². The van der Waals surface area contributed by atoms with Gasteiger partial charge in [-0.1, -0.05) is 48.5 Å². The van der Waals surface area contributed by atoms with Gasteiger partial charge in [-0.2, -0.15) is 10.5 Å². The van der Waals surface area contributed by atoms with Gasteiger partial charge in [0.15, 0.2) is 5.78 Å². The number of thiophene rings is 1. The molecule has 2 aromatic heterocycles. The number of rotatable bonds is 7. The molecule has 0 aliphatic rings. The first kappa shape index (κ1) is 24.7. The van der Waals surface area contributed by atoms with Gasteiger partial charge in [0.05, 0.1) is 23.4 Å². The average Bonchev–Trinajstić information content (AvgIpc) is 3.41. The number of allylic oxidation sites excluding steroid dienone is 1. The summed E-state index contributed by atoms with van der Waals surface area (Å²) in [5.41, 5.74) is 5.23. The number of Topliss-reactive ketones (excluding diaryl/α,β-unsaturated/α-hetero) is 1. The van der Waals surface area contributed by atoms with Gasteiger partial charge in [-0.05, 0) is 43.5 Å². The molecule has 4 rings (SSSR count). The maximum Gasteiger partial charge on any atom is 0.348 e. The van der Waals surface area contributed by atoms with Gasteiger partial charge >= 0.3 is 5.97 Å². The van der Waals surface area contributed by atoms with Crippen molar-refractivity contribution < 1.29 is 14.3 Å². The van der Waals surface area contributed by atoms with E-state index in [0.717, 1.165) is 44.6 Å². The van der Waals surface area contributed by atoms with Crippen LogP contribution in [0.15, 0.2) is 54.1 Å². The molecular formula is C29H23N3O3S. The van der Waals surface area contributed by atoms with Crippen LogP contribution in [-0.4, -0.2) is 23.3 Å². The molecule has 0 bridgehead atoms. The summed E-state index contributed by atoms with van der Waals surface area (Å²) >= 11 is 1.07. The molecule has 0 aliphatic heterocycles. The maximum absolute atomic E-state index is 13.3. The summed E-state index contributed by atoms with van der Waals surface area (Å²) in [5, 5.41) is 20.5. The number of nitriles is 2. The Labute approximate surface area is 213 Å². The van der Waals surface area contributed by atoms with E-state index in [1.807, 2.05) is 61.5 Å². The molecule has 0 saturated carbocycles. The molecule has 1 N–H and O–H groups in total. The molecule has 0 atom stereocenters. The van der Waals surface area contributed by atoms with Crippen LogP contribution in [0.5, 0.6) is 0 Å². The number of benzene rings is 2. The van der Waals surface area contributed by atoms with E-state index in [0.29, 0.717) is 15.3 Å². The lowest BCUT2D eigenvalue weighted by atomic mass is 9.99. The van der Waals surface area contributed by atoms with Crippen molar-refractivity contribution in [1.29, 1.82) is 10.5 Å². The standard InChI is InChI=1S/C29H23N3O3S/c1-4-35-29(34)28-18(3)23(16-31)25(36-28)14-24(33)20(15-30)13-22-21-12-8-9-17(2)26(21)32-27(22)19-10-6-5-7-11-19/h5-13,32H,4,14H2,1-3H3/b20-13+. The molecule has 0 amide bonds. The van der Waals surface area contributed by atoms with Crippen molar-refractivity contribution in [2.24, 2.45) is 0 Å². The number of para-hydroxylation sites is 1. The molecule has 4 aromatic rings. The highest BCUT2D eigenvalue weighted by molar-refractivity contribution is 7.14. The predicted octanol–water partition coefficient (Wildman–Crippen LogP) is 6.28. The van der Waals surface area contributed by atoms with Gasteiger partial charge in [-0.25, -0.2) is 4.79 Å². The number of aryl methyl sites for hydroxylation is 1. The zero-order chi connectivity index (χ0) is 25.8. The van der Waals surface area contributed by atoms with E-state index in [4.69, 9.17) is 4.74 Å². The molecule has 0 aliphatic carbocycles. The first-order valence-corrected chi connectivity index (χ1v) is 12.2. The third-order valence-corrected chi connectivity index (χ3v) is 7.24. The number of esters is 1. The van der Waals surface area contributed by atoms with Crippen LogP contribution in [0.4, 0.5) is 0 Å². The Kier molecular flexibility index (Phi) is 7.15. The van der Waals surface area contributed by atoms with Gasteiger partial charge in [-0.3, -0.25) is 4.79 Å². The van der Waals surface area contributed by atoms with Crippen LogP contribution in [0.2, 0.25) is 0 Å². The molecule has 0 radical (unpaired) electrons. The highest BCUT2D eigenvalue weighted by Gasteiger charge is 2.24. The number of carbonyl (C=O) groups is 2. The van der Waals surface area contributed by atoms with Crippen molar-refractivity contribution in [3.8, 4) is 23.4 Å². The summed E-state index contributed by atoms with van der Waals surface area (Å²) in [7, 11) is 0. The minimum atomic E-state index is -0.520. The first-order valence-electron chi connectivity index (χ1n) is 11.4. The zero-order valence-electron chi connectivity index (χ0n) is 20.1. The third kappa shape index (κ3) is 4.57. The largest absolute Gasteiger partial charge is 0.462 e. The van der Waals surface area contributed by atoms with Crippen molar-refractivity contribution in [1.82, 2.24) is 4.98 Å². The number of ether oxygens (including phenoxy) is 1. The monoisotopic (exact) mass is 493 g/mol. The molecule has 0 unspecified atom stereocenters. The number of carbonyl (C=O) groups excluding carboxylic acids is 2. The molecule has 0 spiro atoms. The average molecular weight is 494 g/mol. The van der Waals surface area contributed by atoms with Gasteiger partial charge < -0.3 is 9.72 Å². The number of aromatic amines is 1. The molecule has 6 nitrogen and oxygen atoms in total. The van der Waals surface area contributed by atoms with Crippen LogP contribution in [0.25, 0.3) is 28.2 Å². The minimum Gasteiger partial charge on any atom is -0.462 e. The molecular weight excluding hydrogens is 470 g/mol. The summed E-state index contributed by atoms with van der Waals surface area (Å²) in [4.78, 5) is 29.8. The lowest BCUT2D eigenvalue weighted by Gasteiger charge is -2.03. The number of nitrogens with zero attached hydrogens (tertiary/aromatic N) is 2. The van der Waals surface area contributed by atoms with E-state index in [1.54, 1.807) is 19.9 Å². The highest BCUT2D eigenvalue weighted by atomic mass is 32.1. The summed E-state index contributed by atoms with van der Waals surface area (Å²) in [5.74, 6) is -0.945. The second kappa shape index (κ2) is 10.4. The van der Waals surface area contributed by atoms with E-state index in [1.165, 1.54) is 0 Å². The van der Waals surface area contributed by atoms with E-state index < -0.39 is 11.8 Å². The second-order valence-electron chi connectivity index (χ2n) is 8.23. The highest BCUT2D eigenvalue weighted by Crippen LogP contribution is 2.34. The number of fused-ring (bicyclic) bond motifs is 1. The molecule has 7 heteroatoms. The van der Waals surface area contributed by atoms with Crippen molar-refractivity contribution >= 4 is 40.1 Å².